The number of rotatable bonds is 2. The van der Waals surface area contributed by atoms with E-state index in [1.54, 1.807) is 25.1 Å². The van der Waals surface area contributed by atoms with Crippen LogP contribution in [0.2, 0.25) is 0 Å². The molecule has 0 spiro atoms. The summed E-state index contributed by atoms with van der Waals surface area (Å²) in [6.07, 6.45) is -1.49. The number of amides is 1. The molecule has 9 nitrogen and oxygen atoms in total. The molecule has 168 valence electrons. The van der Waals surface area contributed by atoms with Crippen molar-refractivity contribution < 1.29 is 35.1 Å². The van der Waals surface area contributed by atoms with Crippen LogP contribution < -0.4 is 5.73 Å². The van der Waals surface area contributed by atoms with E-state index in [0.717, 1.165) is 0 Å². The van der Waals surface area contributed by atoms with Gasteiger partial charge in [-0.1, -0.05) is 12.1 Å². The molecule has 9 heteroatoms. The summed E-state index contributed by atoms with van der Waals surface area (Å²) in [5.74, 6) is -5.31. The normalized spacial score (nSPS) is 39.7. The van der Waals surface area contributed by atoms with Crippen LogP contribution in [0.3, 0.4) is 0 Å². The molecular weight excluding hydrogens is 404 g/mol. The second kappa shape index (κ2) is 6.77. The van der Waals surface area contributed by atoms with E-state index in [-0.39, 0.29) is 35.3 Å². The van der Waals surface area contributed by atoms with Gasteiger partial charge in [0.1, 0.15) is 17.1 Å². The van der Waals surface area contributed by atoms with Gasteiger partial charge in [-0.05, 0) is 45.5 Å². The Balaban J connectivity index is 1.96. The zero-order chi connectivity index (χ0) is 23.0. The van der Waals surface area contributed by atoms with Crippen LogP contribution in [0.25, 0.3) is 0 Å². The Bertz CT molecular complexity index is 1000. The first-order valence-electron chi connectivity index (χ1n) is 10.2. The van der Waals surface area contributed by atoms with Gasteiger partial charge in [0.05, 0.1) is 23.2 Å². The van der Waals surface area contributed by atoms with Crippen molar-refractivity contribution in [3.8, 4) is 5.75 Å². The lowest BCUT2D eigenvalue weighted by Crippen LogP contribution is -2.67. The maximum absolute atomic E-state index is 13.3. The summed E-state index contributed by atoms with van der Waals surface area (Å²) in [5, 5.41) is 55.4. The van der Waals surface area contributed by atoms with Crippen LogP contribution in [0.15, 0.2) is 29.5 Å². The predicted molar refractivity (Wildman–Crippen MR) is 109 cm³/mol. The number of ketones is 1. The summed E-state index contributed by atoms with van der Waals surface area (Å²) in [5.41, 5.74) is 1.75. The van der Waals surface area contributed by atoms with Gasteiger partial charge in [0, 0.05) is 23.5 Å². The second-order valence-corrected chi connectivity index (χ2v) is 9.42. The Morgan fingerprint density at radius 3 is 2.45 bits per heavy atom. The van der Waals surface area contributed by atoms with Crippen LogP contribution in [-0.2, 0) is 10.4 Å². The highest BCUT2D eigenvalue weighted by molar-refractivity contribution is 6.14. The van der Waals surface area contributed by atoms with Crippen LogP contribution in [-0.4, -0.2) is 74.0 Å². The van der Waals surface area contributed by atoms with Crippen molar-refractivity contribution in [1.29, 1.82) is 0 Å². The SMILES string of the molecule is CN(C)[C@@H]1C(O)C(C(N)=O)C[C@@]2(O)C(O)=C3C(=O)c4c(O)cccc4[C@@](C)(O)C3CC12. The van der Waals surface area contributed by atoms with Crippen molar-refractivity contribution in [3.05, 3.63) is 40.7 Å². The molecule has 31 heavy (non-hydrogen) atoms. The number of primary amides is 1. The third kappa shape index (κ3) is 2.77. The quantitative estimate of drug-likeness (QED) is 0.373. The third-order valence-electron chi connectivity index (χ3n) is 7.52. The Labute approximate surface area is 179 Å². The van der Waals surface area contributed by atoms with Crippen molar-refractivity contribution in [3.63, 3.8) is 0 Å². The number of likely N-dealkylation sites (N-methyl/N-ethyl adjacent to an activating group) is 1. The number of nitrogens with two attached hydrogens (primary N) is 1. The number of aliphatic hydroxyl groups excluding tert-OH is 2. The largest absolute Gasteiger partial charge is 0.509 e. The summed E-state index contributed by atoms with van der Waals surface area (Å²) in [4.78, 5) is 27.0. The molecular formula is C22H28N2O7. The van der Waals surface area contributed by atoms with Gasteiger partial charge in [-0.2, -0.15) is 0 Å². The number of fused-ring (bicyclic) bond motifs is 3. The Kier molecular flexibility index (Phi) is 4.75. The number of hydrogen-bond acceptors (Lipinski definition) is 8. The van der Waals surface area contributed by atoms with Gasteiger partial charge < -0.3 is 36.2 Å². The highest BCUT2D eigenvalue weighted by Crippen LogP contribution is 2.57. The van der Waals surface area contributed by atoms with Gasteiger partial charge in [0.15, 0.2) is 5.78 Å². The molecule has 1 aromatic rings. The fourth-order valence-electron chi connectivity index (χ4n) is 5.98. The highest BCUT2D eigenvalue weighted by Gasteiger charge is 2.63. The molecule has 0 saturated heterocycles. The maximum Gasteiger partial charge on any atom is 0.223 e. The van der Waals surface area contributed by atoms with E-state index in [1.165, 1.54) is 19.1 Å². The van der Waals surface area contributed by atoms with Gasteiger partial charge in [-0.3, -0.25) is 9.59 Å². The van der Waals surface area contributed by atoms with Crippen LogP contribution >= 0.6 is 0 Å². The minimum atomic E-state index is -2.01. The molecule has 0 radical (unpaired) electrons. The maximum atomic E-state index is 13.3. The first-order valence-corrected chi connectivity index (χ1v) is 10.2. The molecule has 1 fully saturated rings. The number of aromatic hydroxyl groups is 1. The summed E-state index contributed by atoms with van der Waals surface area (Å²) >= 11 is 0. The minimum absolute atomic E-state index is 0.0646. The number of hydrogen-bond donors (Lipinski definition) is 6. The van der Waals surface area contributed by atoms with Crippen molar-refractivity contribution in [2.24, 2.45) is 23.5 Å². The second-order valence-electron chi connectivity index (χ2n) is 9.42. The molecule has 0 heterocycles. The highest BCUT2D eigenvalue weighted by atomic mass is 16.3. The van der Waals surface area contributed by atoms with E-state index in [1.807, 2.05) is 0 Å². The lowest BCUT2D eigenvalue weighted by molar-refractivity contribution is -0.170. The van der Waals surface area contributed by atoms with Gasteiger partial charge >= 0.3 is 0 Å². The standard InChI is InChI=1S/C22H28N2O7/c1-21(30)10-5-4-6-13(25)14(10)18(27)15-11(21)7-12-16(24(2)3)17(26)9(20(23)29)8-22(12,31)19(15)28/h4-6,9,11-12,16-17,25-26,28,30-31H,7-8H2,1-3H3,(H2,23,29)/t9?,11?,12?,16-,17?,21+,22-/m0/s1. The van der Waals surface area contributed by atoms with Gasteiger partial charge in [-0.25, -0.2) is 0 Å². The van der Waals surface area contributed by atoms with Crippen molar-refractivity contribution >= 4 is 11.7 Å². The Morgan fingerprint density at radius 1 is 1.23 bits per heavy atom. The first-order chi connectivity index (χ1) is 14.3. The van der Waals surface area contributed by atoms with E-state index >= 15 is 0 Å². The number of phenols is 1. The smallest absolute Gasteiger partial charge is 0.223 e. The van der Waals surface area contributed by atoms with Gasteiger partial charge in [-0.15, -0.1) is 0 Å². The average Bonchev–Trinajstić information content (AvgIpc) is 2.67. The summed E-state index contributed by atoms with van der Waals surface area (Å²) in [6.45, 7) is 1.50. The number of benzene rings is 1. The number of Topliss-reactive ketones (excluding diaryl/α,β-unsaturated/α-hetero) is 1. The fraction of sp³-hybridized carbons (Fsp3) is 0.545. The molecule has 0 aromatic heterocycles. The Morgan fingerprint density at radius 2 is 1.87 bits per heavy atom. The fourth-order valence-corrected chi connectivity index (χ4v) is 5.98. The zero-order valence-corrected chi connectivity index (χ0v) is 17.6. The molecule has 4 unspecified atom stereocenters. The molecule has 1 amide bonds. The van der Waals surface area contributed by atoms with E-state index in [9.17, 15) is 35.1 Å². The van der Waals surface area contributed by atoms with Crippen molar-refractivity contribution in [1.82, 2.24) is 4.90 Å². The molecule has 4 rings (SSSR count). The molecule has 1 aromatic carbocycles. The third-order valence-corrected chi connectivity index (χ3v) is 7.52. The summed E-state index contributed by atoms with van der Waals surface area (Å²) < 4.78 is 0. The molecule has 1 saturated carbocycles. The minimum Gasteiger partial charge on any atom is -0.509 e. The van der Waals surface area contributed by atoms with Crippen molar-refractivity contribution in [2.45, 2.75) is 43.1 Å². The number of phenolic OH excluding ortho intramolecular Hbond substituents is 1. The monoisotopic (exact) mass is 432 g/mol. The molecule has 0 aliphatic heterocycles. The van der Waals surface area contributed by atoms with E-state index in [4.69, 9.17) is 5.73 Å². The lowest BCUT2D eigenvalue weighted by atomic mass is 9.54. The predicted octanol–water partition coefficient (Wildman–Crippen LogP) is -0.228. The molecule has 3 aliphatic carbocycles. The number of nitrogens with zero attached hydrogens (tertiary/aromatic N) is 1. The topological polar surface area (TPSA) is 165 Å². The molecule has 7 N–H and O–H groups in total. The van der Waals surface area contributed by atoms with Crippen LogP contribution in [0, 0.1) is 17.8 Å². The number of aliphatic hydroxyl groups is 4. The summed E-state index contributed by atoms with van der Waals surface area (Å²) in [6, 6.07) is 3.61. The zero-order valence-electron chi connectivity index (χ0n) is 17.6. The van der Waals surface area contributed by atoms with E-state index < -0.39 is 58.6 Å². The molecule has 0 bridgehead atoms. The summed E-state index contributed by atoms with van der Waals surface area (Å²) in [7, 11) is 3.34. The first kappa shape index (κ1) is 21.8. The average molecular weight is 432 g/mol. The number of carbonyl (C=O) groups excluding carboxylic acids is 2. The number of carbonyl (C=O) groups is 2. The van der Waals surface area contributed by atoms with Crippen molar-refractivity contribution in [2.75, 3.05) is 14.1 Å². The lowest BCUT2D eigenvalue weighted by Gasteiger charge is -2.56. The van der Waals surface area contributed by atoms with Gasteiger partial charge in [0.25, 0.3) is 0 Å². The van der Waals surface area contributed by atoms with Crippen LogP contribution in [0.4, 0.5) is 0 Å². The molecule has 3 aliphatic rings. The van der Waals surface area contributed by atoms with Gasteiger partial charge in [0.2, 0.25) is 5.91 Å². The molecule has 7 atom stereocenters. The van der Waals surface area contributed by atoms with Crippen LogP contribution in [0.1, 0.15) is 35.7 Å². The van der Waals surface area contributed by atoms with E-state index in [2.05, 4.69) is 0 Å². The Hall–Kier alpha value is -2.46. The van der Waals surface area contributed by atoms with Crippen LogP contribution in [0.5, 0.6) is 5.75 Å². The van der Waals surface area contributed by atoms with E-state index in [0.29, 0.717) is 0 Å².